The average molecular weight is 499 g/mol. The number of benzene rings is 2. The SMILES string of the molecule is O=C(Nc1nc(CC(=O)N2CCC(c3nc4cc(Cl)ccc4o3)CC2)cs1)c1ccccc1F. The van der Waals surface area contributed by atoms with Crippen LogP contribution < -0.4 is 5.32 Å². The van der Waals surface area contributed by atoms with Gasteiger partial charge in [0.2, 0.25) is 5.91 Å². The monoisotopic (exact) mass is 498 g/mol. The third-order valence-corrected chi connectivity index (χ3v) is 6.83. The first kappa shape index (κ1) is 22.5. The number of carbonyl (C=O) groups is 2. The molecule has 1 aliphatic heterocycles. The summed E-state index contributed by atoms with van der Waals surface area (Å²) in [6, 6.07) is 11.1. The largest absolute Gasteiger partial charge is 0.440 e. The molecule has 2 amide bonds. The van der Waals surface area contributed by atoms with Gasteiger partial charge < -0.3 is 9.32 Å². The summed E-state index contributed by atoms with van der Waals surface area (Å²) in [5, 5.41) is 5.26. The smallest absolute Gasteiger partial charge is 0.260 e. The second-order valence-corrected chi connectivity index (χ2v) is 9.37. The van der Waals surface area contributed by atoms with Crippen molar-refractivity contribution in [2.45, 2.75) is 25.2 Å². The summed E-state index contributed by atoms with van der Waals surface area (Å²) in [5.74, 6) is -0.375. The summed E-state index contributed by atoms with van der Waals surface area (Å²) in [4.78, 5) is 35.7. The van der Waals surface area contributed by atoms with Gasteiger partial charge in [0.25, 0.3) is 5.91 Å². The van der Waals surface area contributed by atoms with Gasteiger partial charge in [0.05, 0.1) is 17.7 Å². The molecule has 2 aromatic carbocycles. The molecule has 0 bridgehead atoms. The normalized spacial score (nSPS) is 14.5. The Morgan fingerprint density at radius 1 is 1.18 bits per heavy atom. The van der Waals surface area contributed by atoms with Crippen molar-refractivity contribution in [2.75, 3.05) is 18.4 Å². The molecular formula is C24H20ClFN4O3S. The predicted octanol–water partition coefficient (Wildman–Crippen LogP) is 5.28. The van der Waals surface area contributed by atoms with Crippen molar-refractivity contribution >= 4 is 51.0 Å². The number of carbonyl (C=O) groups excluding carboxylic acids is 2. The Kier molecular flexibility index (Phi) is 6.30. The lowest BCUT2D eigenvalue weighted by Crippen LogP contribution is -2.38. The number of hydrogen-bond acceptors (Lipinski definition) is 6. The van der Waals surface area contributed by atoms with E-state index in [4.69, 9.17) is 16.0 Å². The zero-order valence-electron chi connectivity index (χ0n) is 18.0. The molecule has 0 unspecified atom stereocenters. The van der Waals surface area contributed by atoms with Gasteiger partial charge in [-0.1, -0.05) is 23.7 Å². The maximum atomic E-state index is 13.8. The zero-order valence-corrected chi connectivity index (χ0v) is 19.5. The highest BCUT2D eigenvalue weighted by Crippen LogP contribution is 2.31. The summed E-state index contributed by atoms with van der Waals surface area (Å²) in [5.41, 5.74) is 1.96. The van der Waals surface area contributed by atoms with Crippen LogP contribution in [0.1, 0.15) is 40.7 Å². The Morgan fingerprint density at radius 2 is 1.97 bits per heavy atom. The molecule has 1 fully saturated rings. The summed E-state index contributed by atoms with van der Waals surface area (Å²) in [6.45, 7) is 1.20. The lowest BCUT2D eigenvalue weighted by molar-refractivity contribution is -0.131. The van der Waals surface area contributed by atoms with Gasteiger partial charge in [-0.15, -0.1) is 11.3 Å². The zero-order chi connectivity index (χ0) is 23.7. The maximum absolute atomic E-state index is 13.8. The van der Waals surface area contributed by atoms with Crippen LogP contribution in [0.5, 0.6) is 0 Å². The van der Waals surface area contributed by atoms with Gasteiger partial charge in [0.1, 0.15) is 11.3 Å². The molecule has 7 nitrogen and oxygen atoms in total. The highest BCUT2D eigenvalue weighted by molar-refractivity contribution is 7.14. The molecular weight excluding hydrogens is 479 g/mol. The number of fused-ring (bicyclic) bond motifs is 1. The molecule has 4 aromatic rings. The molecule has 174 valence electrons. The van der Waals surface area contributed by atoms with E-state index in [0.717, 1.165) is 18.4 Å². The average Bonchev–Trinajstić information content (AvgIpc) is 3.45. The number of nitrogens with one attached hydrogen (secondary N) is 1. The van der Waals surface area contributed by atoms with E-state index in [1.54, 1.807) is 23.6 Å². The fourth-order valence-electron chi connectivity index (χ4n) is 3.99. The molecule has 3 heterocycles. The molecule has 5 rings (SSSR count). The molecule has 1 aliphatic rings. The first-order valence-electron chi connectivity index (χ1n) is 10.8. The minimum Gasteiger partial charge on any atom is -0.440 e. The van der Waals surface area contributed by atoms with E-state index >= 15 is 0 Å². The molecule has 0 aliphatic carbocycles. The molecule has 0 atom stereocenters. The Hall–Kier alpha value is -3.30. The van der Waals surface area contributed by atoms with Gasteiger partial charge in [-0.3, -0.25) is 14.9 Å². The predicted molar refractivity (Wildman–Crippen MR) is 128 cm³/mol. The topological polar surface area (TPSA) is 88.3 Å². The molecule has 10 heteroatoms. The van der Waals surface area contributed by atoms with Crippen LogP contribution >= 0.6 is 22.9 Å². The lowest BCUT2D eigenvalue weighted by atomic mass is 9.96. The van der Waals surface area contributed by atoms with E-state index in [9.17, 15) is 14.0 Å². The number of hydrogen-bond donors (Lipinski definition) is 1. The second kappa shape index (κ2) is 9.52. The van der Waals surface area contributed by atoms with E-state index < -0.39 is 11.7 Å². The Bertz CT molecular complexity index is 1360. The summed E-state index contributed by atoms with van der Waals surface area (Å²) < 4.78 is 19.7. The highest BCUT2D eigenvalue weighted by Gasteiger charge is 2.27. The number of anilines is 1. The summed E-state index contributed by atoms with van der Waals surface area (Å²) in [7, 11) is 0. The number of likely N-dealkylation sites (tertiary alicyclic amines) is 1. The molecule has 1 saturated heterocycles. The van der Waals surface area contributed by atoms with Gasteiger partial charge >= 0.3 is 0 Å². The van der Waals surface area contributed by atoms with E-state index in [1.807, 2.05) is 11.0 Å². The van der Waals surface area contributed by atoms with Crippen LogP contribution in [-0.4, -0.2) is 39.8 Å². The summed E-state index contributed by atoms with van der Waals surface area (Å²) in [6.07, 6.45) is 1.65. The van der Waals surface area contributed by atoms with Crippen molar-refractivity contribution in [3.8, 4) is 0 Å². The highest BCUT2D eigenvalue weighted by atomic mass is 35.5. The van der Waals surface area contributed by atoms with Crippen LogP contribution in [0.15, 0.2) is 52.3 Å². The van der Waals surface area contributed by atoms with Crippen LogP contribution in [0.4, 0.5) is 9.52 Å². The molecule has 2 aromatic heterocycles. The maximum Gasteiger partial charge on any atom is 0.260 e. The molecule has 0 saturated carbocycles. The van der Waals surface area contributed by atoms with Crippen molar-refractivity contribution in [1.29, 1.82) is 0 Å². The van der Waals surface area contributed by atoms with Gasteiger partial charge in [-0.2, -0.15) is 0 Å². The third-order valence-electron chi connectivity index (χ3n) is 5.79. The second-order valence-electron chi connectivity index (χ2n) is 8.07. The van der Waals surface area contributed by atoms with Gasteiger partial charge in [0.15, 0.2) is 16.6 Å². The Balaban J connectivity index is 1.15. The quantitative estimate of drug-likeness (QED) is 0.404. The number of rotatable bonds is 5. The van der Waals surface area contributed by atoms with E-state index in [-0.39, 0.29) is 23.8 Å². The molecule has 0 radical (unpaired) electrons. The fourth-order valence-corrected chi connectivity index (χ4v) is 4.86. The number of piperidine rings is 1. The number of thiazole rings is 1. The first-order valence-corrected chi connectivity index (χ1v) is 12.1. The van der Waals surface area contributed by atoms with Crippen molar-refractivity contribution in [1.82, 2.24) is 14.9 Å². The van der Waals surface area contributed by atoms with Crippen molar-refractivity contribution < 1.29 is 18.4 Å². The van der Waals surface area contributed by atoms with Crippen molar-refractivity contribution in [2.24, 2.45) is 0 Å². The van der Waals surface area contributed by atoms with E-state index in [2.05, 4.69) is 15.3 Å². The Labute approximate surface area is 203 Å². The van der Waals surface area contributed by atoms with Crippen LogP contribution in [0, 0.1) is 5.82 Å². The van der Waals surface area contributed by atoms with Gasteiger partial charge in [0, 0.05) is 29.4 Å². The van der Waals surface area contributed by atoms with E-state index in [0.29, 0.717) is 40.4 Å². The van der Waals surface area contributed by atoms with Crippen LogP contribution in [0.25, 0.3) is 11.1 Å². The number of nitrogens with zero attached hydrogens (tertiary/aromatic N) is 3. The summed E-state index contributed by atoms with van der Waals surface area (Å²) >= 11 is 7.23. The Morgan fingerprint density at radius 3 is 2.76 bits per heavy atom. The minimum absolute atomic E-state index is 0.0277. The number of aromatic nitrogens is 2. The first-order chi connectivity index (χ1) is 16.5. The van der Waals surface area contributed by atoms with Crippen molar-refractivity contribution in [3.63, 3.8) is 0 Å². The van der Waals surface area contributed by atoms with Crippen LogP contribution in [0.2, 0.25) is 5.02 Å². The molecule has 34 heavy (non-hydrogen) atoms. The van der Waals surface area contributed by atoms with Crippen molar-refractivity contribution in [3.05, 3.63) is 75.8 Å². The lowest BCUT2D eigenvalue weighted by Gasteiger charge is -2.30. The number of amides is 2. The molecule has 0 spiro atoms. The van der Waals surface area contributed by atoms with Crippen LogP contribution in [0.3, 0.4) is 0 Å². The van der Waals surface area contributed by atoms with Gasteiger partial charge in [-0.25, -0.2) is 14.4 Å². The fraction of sp³-hybridized carbons (Fsp3) is 0.250. The standard InChI is InChI=1S/C24H20ClFN4O3S/c25-15-5-6-20-19(11-15)28-23(33-20)14-7-9-30(10-8-14)21(31)12-16-13-34-24(27-16)29-22(32)17-3-1-2-4-18(17)26/h1-6,11,13-14H,7-10,12H2,(H,27,29,32). The minimum atomic E-state index is -0.600. The molecule has 1 N–H and O–H groups in total. The van der Waals surface area contributed by atoms with E-state index in [1.165, 1.54) is 29.5 Å². The van der Waals surface area contributed by atoms with Gasteiger partial charge in [-0.05, 0) is 43.2 Å². The van der Waals surface area contributed by atoms with Crippen LogP contribution in [-0.2, 0) is 11.2 Å². The number of halogens is 2. The number of oxazole rings is 1. The third kappa shape index (κ3) is 4.80.